The molecule has 1 aliphatic carbocycles. The average molecular weight is 334 g/mol. The number of hydrogen-bond donors (Lipinski definition) is 1. The molecule has 2 aromatic rings. The maximum atomic E-state index is 11.8. The molecule has 1 aromatic carbocycles. The summed E-state index contributed by atoms with van der Waals surface area (Å²) in [5, 5.41) is 10.4. The Labute approximate surface area is 126 Å². The van der Waals surface area contributed by atoms with Crippen LogP contribution in [0.25, 0.3) is 10.9 Å². The Hall–Kier alpha value is -1.42. The molecule has 1 N–H and O–H groups in total. The molecule has 0 aliphatic heterocycles. The highest BCUT2D eigenvalue weighted by Crippen LogP contribution is 2.41. The van der Waals surface area contributed by atoms with Gasteiger partial charge in [-0.2, -0.15) is 0 Å². The Morgan fingerprint density at radius 1 is 1.30 bits per heavy atom. The summed E-state index contributed by atoms with van der Waals surface area (Å²) in [5.74, 6) is -0.275. The maximum Gasteiger partial charge on any atom is 0.336 e. The molecule has 0 saturated carbocycles. The minimum atomic E-state index is -0.854. The molecule has 4 heteroatoms. The SMILES string of the molecule is CC1CCC(C)c2c1nc1ccc(Br)cc1c2C(=O)O. The number of pyridine rings is 1. The van der Waals surface area contributed by atoms with Crippen LogP contribution in [0.2, 0.25) is 0 Å². The lowest BCUT2D eigenvalue weighted by Gasteiger charge is -2.28. The van der Waals surface area contributed by atoms with E-state index in [0.717, 1.165) is 39.5 Å². The van der Waals surface area contributed by atoms with E-state index in [1.165, 1.54) is 0 Å². The zero-order valence-electron chi connectivity index (χ0n) is 11.5. The van der Waals surface area contributed by atoms with Gasteiger partial charge in [-0.05, 0) is 48.4 Å². The van der Waals surface area contributed by atoms with Gasteiger partial charge in [0, 0.05) is 15.6 Å². The smallest absolute Gasteiger partial charge is 0.336 e. The number of aromatic carboxylic acids is 1. The van der Waals surface area contributed by atoms with Gasteiger partial charge < -0.3 is 5.11 Å². The number of carboxylic acid groups (broad SMARTS) is 1. The minimum absolute atomic E-state index is 0.253. The number of carbonyl (C=O) groups is 1. The van der Waals surface area contributed by atoms with E-state index in [4.69, 9.17) is 4.98 Å². The minimum Gasteiger partial charge on any atom is -0.478 e. The van der Waals surface area contributed by atoms with Gasteiger partial charge in [0.1, 0.15) is 0 Å². The Morgan fingerprint density at radius 2 is 2.00 bits per heavy atom. The summed E-state index contributed by atoms with van der Waals surface area (Å²) in [5.41, 5.74) is 3.11. The number of halogens is 1. The monoisotopic (exact) mass is 333 g/mol. The number of benzene rings is 1. The molecule has 1 aromatic heterocycles. The third-order valence-electron chi connectivity index (χ3n) is 4.22. The highest BCUT2D eigenvalue weighted by atomic mass is 79.9. The first-order valence-electron chi connectivity index (χ1n) is 6.85. The van der Waals surface area contributed by atoms with Crippen molar-refractivity contribution in [1.29, 1.82) is 0 Å². The second-order valence-corrected chi connectivity index (χ2v) is 6.55. The highest BCUT2D eigenvalue weighted by molar-refractivity contribution is 9.10. The van der Waals surface area contributed by atoms with E-state index in [0.29, 0.717) is 11.5 Å². The molecule has 104 valence electrons. The molecule has 0 saturated heterocycles. The number of rotatable bonds is 1. The van der Waals surface area contributed by atoms with Crippen LogP contribution in [0.4, 0.5) is 0 Å². The molecule has 3 nitrogen and oxygen atoms in total. The van der Waals surface area contributed by atoms with Crippen LogP contribution in [0.15, 0.2) is 22.7 Å². The fourth-order valence-corrected chi connectivity index (χ4v) is 3.52. The van der Waals surface area contributed by atoms with Crippen molar-refractivity contribution in [1.82, 2.24) is 4.98 Å². The van der Waals surface area contributed by atoms with Crippen molar-refractivity contribution >= 4 is 32.8 Å². The van der Waals surface area contributed by atoms with Crippen LogP contribution in [0, 0.1) is 0 Å². The zero-order valence-corrected chi connectivity index (χ0v) is 13.1. The molecular formula is C16H16BrNO2. The van der Waals surface area contributed by atoms with Crippen molar-refractivity contribution in [2.24, 2.45) is 0 Å². The van der Waals surface area contributed by atoms with E-state index in [1.807, 2.05) is 18.2 Å². The largest absolute Gasteiger partial charge is 0.478 e. The van der Waals surface area contributed by atoms with Gasteiger partial charge in [0.25, 0.3) is 0 Å². The van der Waals surface area contributed by atoms with E-state index in [1.54, 1.807) is 0 Å². The van der Waals surface area contributed by atoms with Gasteiger partial charge in [-0.1, -0.05) is 29.8 Å². The molecule has 2 atom stereocenters. The van der Waals surface area contributed by atoms with E-state index >= 15 is 0 Å². The molecular weight excluding hydrogens is 318 g/mol. The Balaban J connectivity index is 2.45. The van der Waals surface area contributed by atoms with Gasteiger partial charge in [-0.3, -0.25) is 4.98 Å². The molecule has 0 fully saturated rings. The number of nitrogens with zero attached hydrogens (tertiary/aromatic N) is 1. The third kappa shape index (κ3) is 2.03. The number of hydrogen-bond acceptors (Lipinski definition) is 2. The van der Waals surface area contributed by atoms with E-state index in [9.17, 15) is 9.90 Å². The van der Waals surface area contributed by atoms with Crippen molar-refractivity contribution in [3.05, 3.63) is 39.5 Å². The predicted octanol–water partition coefficient (Wildman–Crippen LogP) is 4.70. The molecule has 0 radical (unpaired) electrons. The predicted molar refractivity (Wildman–Crippen MR) is 82.5 cm³/mol. The van der Waals surface area contributed by atoms with Gasteiger partial charge in [0.15, 0.2) is 0 Å². The zero-order chi connectivity index (χ0) is 14.4. The highest BCUT2D eigenvalue weighted by Gasteiger charge is 2.30. The topological polar surface area (TPSA) is 50.2 Å². The fraction of sp³-hybridized carbons (Fsp3) is 0.375. The second-order valence-electron chi connectivity index (χ2n) is 5.63. The summed E-state index contributed by atoms with van der Waals surface area (Å²) in [6.45, 7) is 4.23. The van der Waals surface area contributed by atoms with Gasteiger partial charge in [0.05, 0.1) is 11.1 Å². The molecule has 1 aliphatic rings. The molecule has 20 heavy (non-hydrogen) atoms. The quantitative estimate of drug-likeness (QED) is 0.823. The van der Waals surface area contributed by atoms with Crippen molar-refractivity contribution in [2.75, 3.05) is 0 Å². The lowest BCUT2D eigenvalue weighted by atomic mass is 9.78. The van der Waals surface area contributed by atoms with Crippen LogP contribution in [0.1, 0.15) is 60.1 Å². The van der Waals surface area contributed by atoms with Crippen LogP contribution in [-0.2, 0) is 0 Å². The van der Waals surface area contributed by atoms with E-state index < -0.39 is 5.97 Å². The maximum absolute atomic E-state index is 11.8. The van der Waals surface area contributed by atoms with Crippen molar-refractivity contribution in [3.8, 4) is 0 Å². The van der Waals surface area contributed by atoms with Crippen LogP contribution < -0.4 is 0 Å². The van der Waals surface area contributed by atoms with Crippen molar-refractivity contribution in [3.63, 3.8) is 0 Å². The molecule has 0 amide bonds. The molecule has 0 bridgehead atoms. The molecule has 2 unspecified atom stereocenters. The van der Waals surface area contributed by atoms with Crippen LogP contribution in [-0.4, -0.2) is 16.1 Å². The van der Waals surface area contributed by atoms with E-state index in [2.05, 4.69) is 29.8 Å². The Morgan fingerprint density at radius 3 is 2.70 bits per heavy atom. The van der Waals surface area contributed by atoms with Gasteiger partial charge >= 0.3 is 5.97 Å². The van der Waals surface area contributed by atoms with E-state index in [-0.39, 0.29) is 5.92 Å². The lowest BCUT2D eigenvalue weighted by Crippen LogP contribution is -2.18. The first-order chi connectivity index (χ1) is 9.49. The van der Waals surface area contributed by atoms with Crippen molar-refractivity contribution in [2.45, 2.75) is 38.5 Å². The average Bonchev–Trinajstić information content (AvgIpc) is 2.40. The number of fused-ring (bicyclic) bond motifs is 2. The lowest BCUT2D eigenvalue weighted by molar-refractivity contribution is 0.0696. The van der Waals surface area contributed by atoms with Crippen LogP contribution in [0.5, 0.6) is 0 Å². The summed E-state index contributed by atoms with van der Waals surface area (Å²) in [4.78, 5) is 16.6. The van der Waals surface area contributed by atoms with Crippen LogP contribution >= 0.6 is 15.9 Å². The first kappa shape index (κ1) is 13.6. The van der Waals surface area contributed by atoms with Crippen LogP contribution in [0.3, 0.4) is 0 Å². The standard InChI is InChI=1S/C16H16BrNO2/c1-8-3-4-9(2)15-13(8)14(16(19)20)11-7-10(17)5-6-12(11)18-15/h5-9H,3-4H2,1-2H3,(H,19,20). The summed E-state index contributed by atoms with van der Waals surface area (Å²) < 4.78 is 0.880. The summed E-state index contributed by atoms with van der Waals surface area (Å²) in [6.07, 6.45) is 2.10. The third-order valence-corrected chi connectivity index (χ3v) is 4.71. The van der Waals surface area contributed by atoms with Gasteiger partial charge in [-0.15, -0.1) is 0 Å². The summed E-state index contributed by atoms with van der Waals surface area (Å²) in [7, 11) is 0. The second kappa shape index (κ2) is 4.85. The summed E-state index contributed by atoms with van der Waals surface area (Å²) >= 11 is 3.42. The first-order valence-corrected chi connectivity index (χ1v) is 7.64. The summed E-state index contributed by atoms with van der Waals surface area (Å²) in [6, 6.07) is 5.65. The number of carboxylic acids is 1. The Bertz CT molecular complexity index is 711. The fourth-order valence-electron chi connectivity index (χ4n) is 3.16. The molecule has 1 heterocycles. The van der Waals surface area contributed by atoms with Gasteiger partial charge in [0.2, 0.25) is 0 Å². The Kier molecular flexibility index (Phi) is 3.28. The molecule has 0 spiro atoms. The number of aromatic nitrogens is 1. The van der Waals surface area contributed by atoms with Gasteiger partial charge in [-0.25, -0.2) is 4.79 Å². The molecule has 3 rings (SSSR count). The normalized spacial score (nSPS) is 21.8. The van der Waals surface area contributed by atoms with Crippen molar-refractivity contribution < 1.29 is 9.90 Å².